The van der Waals surface area contributed by atoms with Gasteiger partial charge in [0.05, 0.1) is 13.0 Å². The van der Waals surface area contributed by atoms with Gasteiger partial charge in [0.25, 0.3) is 5.91 Å². The van der Waals surface area contributed by atoms with Gasteiger partial charge in [0.2, 0.25) is 0 Å². The predicted octanol–water partition coefficient (Wildman–Crippen LogP) is 1.12. The molecule has 0 saturated heterocycles. The fourth-order valence-electron chi connectivity index (χ4n) is 1.76. The minimum Gasteiger partial charge on any atom is -0.466 e. The van der Waals surface area contributed by atoms with Crippen LogP contribution >= 0.6 is 0 Å². The lowest BCUT2D eigenvalue weighted by atomic mass is 10.1. The molecular formula is C16H22N4O3. The van der Waals surface area contributed by atoms with Gasteiger partial charge in [-0.15, -0.1) is 0 Å². The molecule has 3 N–H and O–H groups in total. The van der Waals surface area contributed by atoms with Crippen molar-refractivity contribution in [2.75, 3.05) is 26.0 Å². The molecule has 0 bridgehead atoms. The van der Waals surface area contributed by atoms with Crippen LogP contribution in [0.25, 0.3) is 0 Å². The molecule has 1 amide bonds. The third kappa shape index (κ3) is 5.46. The first-order valence-corrected chi connectivity index (χ1v) is 7.08. The lowest BCUT2D eigenvalue weighted by molar-refractivity contribution is -0.142. The number of nitrogens with one attached hydrogen (secondary N) is 1. The summed E-state index contributed by atoms with van der Waals surface area (Å²) in [4.78, 5) is 28.8. The molecule has 7 nitrogen and oxygen atoms in total. The van der Waals surface area contributed by atoms with Gasteiger partial charge in [-0.2, -0.15) is 0 Å². The molecule has 0 aromatic heterocycles. The van der Waals surface area contributed by atoms with Crippen molar-refractivity contribution in [3.05, 3.63) is 41.3 Å². The smallest absolute Gasteiger partial charge is 0.310 e. The van der Waals surface area contributed by atoms with Crippen LogP contribution in [0.4, 0.5) is 5.69 Å². The zero-order valence-electron chi connectivity index (χ0n) is 13.6. The maximum absolute atomic E-state index is 12.2. The van der Waals surface area contributed by atoms with Gasteiger partial charge in [0, 0.05) is 19.8 Å². The highest BCUT2D eigenvalue weighted by molar-refractivity contribution is 6.04. The van der Waals surface area contributed by atoms with E-state index in [9.17, 15) is 9.59 Å². The third-order valence-electron chi connectivity index (χ3n) is 2.96. The highest BCUT2D eigenvalue weighted by Gasteiger charge is 2.14. The van der Waals surface area contributed by atoms with Crippen LogP contribution in [0.15, 0.2) is 40.8 Å². The minimum absolute atomic E-state index is 0.0469. The van der Waals surface area contributed by atoms with Gasteiger partial charge in [-0.1, -0.05) is 12.1 Å². The average molecular weight is 318 g/mol. The summed E-state index contributed by atoms with van der Waals surface area (Å²) < 4.78 is 4.88. The summed E-state index contributed by atoms with van der Waals surface area (Å²) in [5, 5.41) is 2.68. The van der Waals surface area contributed by atoms with Crippen LogP contribution in [0.3, 0.4) is 0 Å². The van der Waals surface area contributed by atoms with Gasteiger partial charge in [-0.05, 0) is 31.3 Å². The summed E-state index contributed by atoms with van der Waals surface area (Å²) in [5.74, 6) is -0.523. The number of nitrogens with two attached hydrogens (primary N) is 1. The number of amides is 1. The van der Waals surface area contributed by atoms with Gasteiger partial charge >= 0.3 is 5.97 Å². The van der Waals surface area contributed by atoms with Crippen molar-refractivity contribution in [1.29, 1.82) is 0 Å². The number of ether oxygens (including phenoxy) is 1. The first kappa shape index (κ1) is 18.2. The van der Waals surface area contributed by atoms with Crippen LogP contribution in [0, 0.1) is 0 Å². The van der Waals surface area contributed by atoms with Crippen molar-refractivity contribution in [3.63, 3.8) is 0 Å². The molecular weight excluding hydrogens is 296 g/mol. The molecule has 0 radical (unpaired) electrons. The first-order valence-electron chi connectivity index (χ1n) is 7.08. The molecule has 0 aliphatic carbocycles. The number of nitrogens with zero attached hydrogens (tertiary/aromatic N) is 2. The first-order chi connectivity index (χ1) is 10.9. The SMILES string of the molecule is C=N/C(C(=O)Nc1ccc(CC(=O)OCC)cc1)=C(/N)N(C)C. The van der Waals surface area contributed by atoms with Gasteiger partial charge in [-0.25, -0.2) is 0 Å². The number of carbonyl (C=O) groups is 2. The van der Waals surface area contributed by atoms with Gasteiger partial charge in [-0.3, -0.25) is 14.6 Å². The number of carbonyl (C=O) groups excluding carboxylic acids is 2. The molecule has 1 aromatic carbocycles. The topological polar surface area (TPSA) is 97.0 Å². The fraction of sp³-hybridized carbons (Fsp3) is 0.312. The van der Waals surface area contributed by atoms with E-state index < -0.39 is 5.91 Å². The molecule has 1 rings (SSSR count). The maximum Gasteiger partial charge on any atom is 0.310 e. The van der Waals surface area contributed by atoms with Crippen molar-refractivity contribution >= 4 is 24.3 Å². The molecule has 0 fully saturated rings. The van der Waals surface area contributed by atoms with Crippen LogP contribution in [0.2, 0.25) is 0 Å². The Morgan fingerprint density at radius 2 is 1.91 bits per heavy atom. The van der Waals surface area contributed by atoms with E-state index in [2.05, 4.69) is 17.0 Å². The molecule has 0 aliphatic heterocycles. The van der Waals surface area contributed by atoms with E-state index in [1.54, 1.807) is 50.2 Å². The second kappa shape index (κ2) is 8.57. The molecule has 0 saturated carbocycles. The van der Waals surface area contributed by atoms with Crippen LogP contribution in [0.5, 0.6) is 0 Å². The molecule has 0 aliphatic rings. The van der Waals surface area contributed by atoms with E-state index in [1.807, 2.05) is 0 Å². The minimum atomic E-state index is -0.454. The summed E-state index contributed by atoms with van der Waals surface area (Å²) in [6.07, 6.45) is 0.189. The predicted molar refractivity (Wildman–Crippen MR) is 89.9 cm³/mol. The number of benzene rings is 1. The monoisotopic (exact) mass is 318 g/mol. The molecule has 7 heteroatoms. The van der Waals surface area contributed by atoms with Crippen molar-refractivity contribution in [2.45, 2.75) is 13.3 Å². The standard InChI is InChI=1S/C16H22N4O3/c1-5-23-13(21)10-11-6-8-12(9-7-11)19-16(22)14(18-2)15(17)20(3)4/h6-9H,2,5,10,17H2,1,3-4H3,(H,19,22)/b15-14-. The largest absolute Gasteiger partial charge is 0.466 e. The molecule has 0 unspecified atom stereocenters. The highest BCUT2D eigenvalue weighted by Crippen LogP contribution is 2.13. The normalized spacial score (nSPS) is 11.3. The number of rotatable bonds is 7. The Morgan fingerprint density at radius 1 is 1.30 bits per heavy atom. The number of anilines is 1. The van der Waals surface area contributed by atoms with E-state index in [-0.39, 0.29) is 23.9 Å². The lowest BCUT2D eigenvalue weighted by Gasteiger charge is -2.15. The van der Waals surface area contributed by atoms with Crippen molar-refractivity contribution < 1.29 is 14.3 Å². The lowest BCUT2D eigenvalue weighted by Crippen LogP contribution is -2.25. The fourth-order valence-corrected chi connectivity index (χ4v) is 1.76. The van der Waals surface area contributed by atoms with Crippen molar-refractivity contribution in [1.82, 2.24) is 4.90 Å². The van der Waals surface area contributed by atoms with Gasteiger partial charge < -0.3 is 20.7 Å². The summed E-state index contributed by atoms with van der Waals surface area (Å²) in [6, 6.07) is 6.87. The molecule has 0 atom stereocenters. The van der Waals surface area contributed by atoms with E-state index in [0.717, 1.165) is 5.56 Å². The zero-order valence-corrected chi connectivity index (χ0v) is 13.6. The second-order valence-electron chi connectivity index (χ2n) is 4.92. The van der Waals surface area contributed by atoms with E-state index in [4.69, 9.17) is 10.5 Å². The Morgan fingerprint density at radius 3 is 2.39 bits per heavy atom. The van der Waals surface area contributed by atoms with E-state index in [0.29, 0.717) is 12.3 Å². The van der Waals surface area contributed by atoms with E-state index >= 15 is 0 Å². The van der Waals surface area contributed by atoms with Gasteiger partial charge in [0.1, 0.15) is 5.82 Å². The van der Waals surface area contributed by atoms with Crippen LogP contribution in [-0.4, -0.2) is 44.2 Å². The molecule has 0 heterocycles. The Hall–Kier alpha value is -2.83. The van der Waals surface area contributed by atoms with Gasteiger partial charge in [0.15, 0.2) is 5.70 Å². The van der Waals surface area contributed by atoms with E-state index in [1.165, 1.54) is 0 Å². The molecule has 23 heavy (non-hydrogen) atoms. The Bertz CT molecular complexity index is 606. The number of esters is 1. The Labute approximate surface area is 135 Å². The quantitative estimate of drug-likeness (QED) is 0.446. The number of hydrogen-bond donors (Lipinski definition) is 2. The second-order valence-corrected chi connectivity index (χ2v) is 4.92. The molecule has 1 aromatic rings. The average Bonchev–Trinajstić information content (AvgIpc) is 2.50. The highest BCUT2D eigenvalue weighted by atomic mass is 16.5. The van der Waals surface area contributed by atoms with Crippen molar-refractivity contribution in [2.24, 2.45) is 10.7 Å². The Kier molecular flexibility index (Phi) is 6.79. The summed E-state index contributed by atoms with van der Waals surface area (Å²) in [6.45, 7) is 5.47. The number of hydrogen-bond acceptors (Lipinski definition) is 6. The molecule has 124 valence electrons. The summed E-state index contributed by atoms with van der Waals surface area (Å²) in [5.41, 5.74) is 7.20. The van der Waals surface area contributed by atoms with Crippen LogP contribution < -0.4 is 11.1 Å². The molecule has 0 spiro atoms. The number of aliphatic imine (C=N–C) groups is 1. The Balaban J connectivity index is 2.78. The summed E-state index contributed by atoms with van der Waals surface area (Å²) >= 11 is 0. The third-order valence-corrected chi connectivity index (χ3v) is 2.96. The zero-order chi connectivity index (χ0) is 17.4. The van der Waals surface area contributed by atoms with Crippen LogP contribution in [-0.2, 0) is 20.7 Å². The van der Waals surface area contributed by atoms with Crippen LogP contribution in [0.1, 0.15) is 12.5 Å². The summed E-state index contributed by atoms with van der Waals surface area (Å²) in [7, 11) is 3.41. The van der Waals surface area contributed by atoms with Crippen molar-refractivity contribution in [3.8, 4) is 0 Å². The maximum atomic E-state index is 12.2.